The fourth-order valence-corrected chi connectivity index (χ4v) is 3.71. The molecule has 1 saturated heterocycles. The fourth-order valence-electron chi connectivity index (χ4n) is 3.71. The Morgan fingerprint density at radius 3 is 2.77 bits per heavy atom. The van der Waals surface area contributed by atoms with E-state index in [1.54, 1.807) is 19.2 Å². The molecule has 0 aliphatic carbocycles. The van der Waals surface area contributed by atoms with Crippen LogP contribution in [0.1, 0.15) is 30.7 Å². The Morgan fingerprint density at radius 2 is 2.12 bits per heavy atom. The van der Waals surface area contributed by atoms with Gasteiger partial charge in [-0.05, 0) is 50.7 Å². The van der Waals surface area contributed by atoms with Crippen LogP contribution in [-0.4, -0.2) is 63.2 Å². The zero-order valence-electron chi connectivity index (χ0n) is 15.6. The molecule has 0 saturated carbocycles. The van der Waals surface area contributed by atoms with E-state index in [1.807, 2.05) is 20.2 Å². The minimum Gasteiger partial charge on any atom is -0.497 e. The molecule has 1 fully saturated rings. The maximum absolute atomic E-state index is 12.9. The number of fused-ring (bicyclic) bond motifs is 1. The van der Waals surface area contributed by atoms with Crippen LogP contribution in [-0.2, 0) is 14.3 Å². The number of nitrogens with one attached hydrogen (secondary N) is 2. The molecule has 0 radical (unpaired) electrons. The average molecular weight is 361 g/mol. The van der Waals surface area contributed by atoms with E-state index >= 15 is 0 Å². The van der Waals surface area contributed by atoms with E-state index in [4.69, 9.17) is 9.47 Å². The summed E-state index contributed by atoms with van der Waals surface area (Å²) >= 11 is 0. The van der Waals surface area contributed by atoms with Gasteiger partial charge in [0.1, 0.15) is 5.75 Å². The molecular weight excluding hydrogens is 334 g/mol. The highest BCUT2D eigenvalue weighted by molar-refractivity contribution is 6.01. The molecule has 0 aromatic heterocycles. The fraction of sp³-hybridized carbons (Fsp3) is 0.579. The van der Waals surface area contributed by atoms with Crippen molar-refractivity contribution in [3.8, 4) is 5.75 Å². The van der Waals surface area contributed by atoms with E-state index in [1.165, 1.54) is 0 Å². The first-order chi connectivity index (χ1) is 12.4. The van der Waals surface area contributed by atoms with Gasteiger partial charge in [0, 0.05) is 37.4 Å². The molecule has 1 aromatic carbocycles. The lowest BCUT2D eigenvalue weighted by Gasteiger charge is -2.43. The van der Waals surface area contributed by atoms with Crippen molar-refractivity contribution in [3.05, 3.63) is 23.8 Å². The summed E-state index contributed by atoms with van der Waals surface area (Å²) in [6.07, 6.45) is 1.88. The Bertz CT molecular complexity index is 683. The van der Waals surface area contributed by atoms with Gasteiger partial charge in [0.25, 0.3) is 0 Å². The predicted molar refractivity (Wildman–Crippen MR) is 98.5 cm³/mol. The highest BCUT2D eigenvalue weighted by Gasteiger charge is 2.37. The molecule has 26 heavy (non-hydrogen) atoms. The van der Waals surface area contributed by atoms with Gasteiger partial charge in [-0.25, -0.2) is 0 Å². The van der Waals surface area contributed by atoms with Gasteiger partial charge in [-0.3, -0.25) is 9.59 Å². The van der Waals surface area contributed by atoms with Crippen LogP contribution in [0.3, 0.4) is 0 Å². The summed E-state index contributed by atoms with van der Waals surface area (Å²) in [5.74, 6) is -0.0990. The number of ether oxygens (including phenoxy) is 2. The summed E-state index contributed by atoms with van der Waals surface area (Å²) in [5.41, 5.74) is 1.37. The minimum atomic E-state index is -0.507. The maximum Gasteiger partial charge on any atom is 0.228 e. The molecule has 2 aliphatic rings. The van der Waals surface area contributed by atoms with Crippen LogP contribution >= 0.6 is 0 Å². The number of amides is 2. The van der Waals surface area contributed by atoms with Crippen LogP contribution in [0.25, 0.3) is 0 Å². The molecule has 1 unspecified atom stereocenters. The molecular formula is C19H27N3O4. The zero-order chi connectivity index (χ0) is 18.7. The van der Waals surface area contributed by atoms with Gasteiger partial charge in [0.05, 0.1) is 13.0 Å². The van der Waals surface area contributed by atoms with Gasteiger partial charge in [-0.15, -0.1) is 0 Å². The summed E-state index contributed by atoms with van der Waals surface area (Å²) in [6.45, 7) is 1.93. The van der Waals surface area contributed by atoms with Crippen molar-refractivity contribution in [1.82, 2.24) is 10.2 Å². The van der Waals surface area contributed by atoms with E-state index in [2.05, 4.69) is 15.5 Å². The summed E-state index contributed by atoms with van der Waals surface area (Å²) in [4.78, 5) is 27.1. The number of likely N-dealkylation sites (N-methyl/N-ethyl adjacent to an activating group) is 1. The molecule has 0 bridgehead atoms. The van der Waals surface area contributed by atoms with Crippen molar-refractivity contribution in [2.24, 2.45) is 0 Å². The maximum atomic E-state index is 12.9. The second-order valence-electron chi connectivity index (χ2n) is 7.21. The molecule has 0 spiro atoms. The number of methoxy groups -OCH3 is 1. The first-order valence-electron chi connectivity index (χ1n) is 8.96. The molecule has 1 atom stereocenters. The second-order valence-corrected chi connectivity index (χ2v) is 7.21. The lowest BCUT2D eigenvalue weighted by molar-refractivity contribution is -0.127. The van der Waals surface area contributed by atoms with Crippen molar-refractivity contribution in [1.29, 1.82) is 0 Å². The smallest absolute Gasteiger partial charge is 0.228 e. The van der Waals surface area contributed by atoms with Gasteiger partial charge in [-0.1, -0.05) is 0 Å². The number of hydrogen-bond donors (Lipinski definition) is 2. The Balaban J connectivity index is 1.76. The van der Waals surface area contributed by atoms with Crippen LogP contribution in [0.4, 0.5) is 5.69 Å². The Morgan fingerprint density at radius 1 is 1.38 bits per heavy atom. The third-order valence-electron chi connectivity index (χ3n) is 5.58. The van der Waals surface area contributed by atoms with Gasteiger partial charge in [-0.2, -0.15) is 0 Å². The van der Waals surface area contributed by atoms with E-state index < -0.39 is 5.92 Å². The molecule has 2 aliphatic heterocycles. The first-order valence-corrected chi connectivity index (χ1v) is 8.96. The van der Waals surface area contributed by atoms with E-state index in [0.717, 1.165) is 18.4 Å². The zero-order valence-corrected chi connectivity index (χ0v) is 15.6. The summed E-state index contributed by atoms with van der Waals surface area (Å²) in [7, 11) is 5.65. The molecule has 2 heterocycles. The van der Waals surface area contributed by atoms with E-state index in [0.29, 0.717) is 31.2 Å². The summed E-state index contributed by atoms with van der Waals surface area (Å²) < 4.78 is 10.8. The SMILES string of the molecule is COc1ccc2c(c1)C(C(=O)NCC1(N(C)C)CCOCC1)CC(=O)N2. The molecule has 1 aromatic rings. The quantitative estimate of drug-likeness (QED) is 0.828. The number of carbonyl (C=O) groups is 2. The van der Waals surface area contributed by atoms with Crippen LogP contribution < -0.4 is 15.4 Å². The molecule has 142 valence electrons. The first kappa shape index (κ1) is 18.7. The van der Waals surface area contributed by atoms with Crippen molar-refractivity contribution in [2.45, 2.75) is 30.7 Å². The van der Waals surface area contributed by atoms with Crippen LogP contribution in [0.15, 0.2) is 18.2 Å². The number of nitrogens with zero attached hydrogens (tertiary/aromatic N) is 1. The van der Waals surface area contributed by atoms with Gasteiger partial charge < -0.3 is 25.0 Å². The number of benzene rings is 1. The molecule has 7 nitrogen and oxygen atoms in total. The lowest BCUT2D eigenvalue weighted by atomic mass is 9.87. The van der Waals surface area contributed by atoms with Gasteiger partial charge in [0.15, 0.2) is 0 Å². The van der Waals surface area contributed by atoms with Gasteiger partial charge in [0.2, 0.25) is 11.8 Å². The van der Waals surface area contributed by atoms with E-state index in [-0.39, 0.29) is 23.8 Å². The van der Waals surface area contributed by atoms with Crippen molar-refractivity contribution in [2.75, 3.05) is 46.3 Å². The largest absolute Gasteiger partial charge is 0.497 e. The predicted octanol–water partition coefficient (Wildman–Crippen LogP) is 1.35. The summed E-state index contributed by atoms with van der Waals surface area (Å²) in [6, 6.07) is 5.39. The van der Waals surface area contributed by atoms with Crippen LogP contribution in [0, 0.1) is 0 Å². The normalized spacial score (nSPS) is 21.7. The summed E-state index contributed by atoms with van der Waals surface area (Å²) in [5, 5.41) is 5.91. The topological polar surface area (TPSA) is 79.9 Å². The van der Waals surface area contributed by atoms with E-state index in [9.17, 15) is 9.59 Å². The number of hydrogen-bond acceptors (Lipinski definition) is 5. The van der Waals surface area contributed by atoms with Crippen molar-refractivity contribution < 1.29 is 19.1 Å². The Kier molecular flexibility index (Phi) is 5.48. The van der Waals surface area contributed by atoms with Crippen molar-refractivity contribution in [3.63, 3.8) is 0 Å². The molecule has 7 heteroatoms. The minimum absolute atomic E-state index is 0.109. The molecule has 2 amide bonds. The van der Waals surface area contributed by atoms with Crippen molar-refractivity contribution >= 4 is 17.5 Å². The van der Waals surface area contributed by atoms with Crippen LogP contribution in [0.2, 0.25) is 0 Å². The third-order valence-corrected chi connectivity index (χ3v) is 5.58. The Labute approximate surface area is 154 Å². The van der Waals surface area contributed by atoms with Gasteiger partial charge >= 0.3 is 0 Å². The number of carbonyl (C=O) groups excluding carboxylic acids is 2. The van der Waals surface area contributed by atoms with Crippen LogP contribution in [0.5, 0.6) is 5.75 Å². The average Bonchev–Trinajstić information content (AvgIpc) is 2.65. The second kappa shape index (κ2) is 7.63. The molecule has 2 N–H and O–H groups in total. The monoisotopic (exact) mass is 361 g/mol. The number of anilines is 1. The lowest BCUT2D eigenvalue weighted by Crippen LogP contribution is -2.56. The molecule has 3 rings (SSSR count). The standard InChI is InChI=1S/C19H27N3O4/c1-22(2)19(6-8-26-9-7-19)12-20-18(24)15-11-17(23)21-16-5-4-13(25-3)10-14(15)16/h4-5,10,15H,6-9,11-12H2,1-3H3,(H,20,24)(H,21,23). The highest BCUT2D eigenvalue weighted by atomic mass is 16.5. The Hall–Kier alpha value is -2.12. The third kappa shape index (κ3) is 3.68. The number of rotatable bonds is 5. The highest BCUT2D eigenvalue weighted by Crippen LogP contribution is 2.35.